The Balaban J connectivity index is 2.36. The van der Waals surface area contributed by atoms with Gasteiger partial charge in [-0.2, -0.15) is 13.2 Å². The van der Waals surface area contributed by atoms with Crippen LogP contribution in [0.4, 0.5) is 13.2 Å². The lowest BCUT2D eigenvalue weighted by Gasteiger charge is -2.32. The van der Waals surface area contributed by atoms with Crippen LogP contribution in [0.2, 0.25) is 0 Å². The summed E-state index contributed by atoms with van der Waals surface area (Å²) in [5.74, 6) is -0.924. The molecule has 2 aromatic rings. The summed E-state index contributed by atoms with van der Waals surface area (Å²) in [5, 5.41) is 8.20. The highest BCUT2D eigenvalue weighted by Crippen LogP contribution is 2.36. The summed E-state index contributed by atoms with van der Waals surface area (Å²) < 4.78 is 38.8. The second kappa shape index (κ2) is 6.14. The number of hydrogen-bond acceptors (Lipinski definition) is 3. The van der Waals surface area contributed by atoms with Gasteiger partial charge in [0.25, 0.3) is 5.91 Å². The Kier molecular flexibility index (Phi) is 4.54. The van der Waals surface area contributed by atoms with Crippen molar-refractivity contribution in [2.45, 2.75) is 33.0 Å². The highest BCUT2D eigenvalue weighted by molar-refractivity contribution is 5.90. The Morgan fingerprint density at radius 1 is 1.25 bits per heavy atom. The maximum Gasteiger partial charge on any atom is 0.416 e. The number of amides is 1. The number of rotatable bonds is 3. The highest BCUT2D eigenvalue weighted by atomic mass is 19.4. The number of nitrogens with zero attached hydrogens (tertiary/aromatic N) is 1. The first-order chi connectivity index (χ1) is 11.0. The lowest BCUT2D eigenvalue weighted by molar-refractivity contribution is -0.137. The molecule has 1 atom stereocenters. The van der Waals surface area contributed by atoms with Crippen LogP contribution in [0.1, 0.15) is 48.6 Å². The van der Waals surface area contributed by atoms with Gasteiger partial charge in [0.2, 0.25) is 5.82 Å². The van der Waals surface area contributed by atoms with Crippen molar-refractivity contribution in [3.8, 4) is 0 Å². The van der Waals surface area contributed by atoms with Gasteiger partial charge in [0.1, 0.15) is 0 Å². The monoisotopic (exact) mass is 342 g/mol. The van der Waals surface area contributed by atoms with Gasteiger partial charge in [-0.1, -0.05) is 32.9 Å². The Labute approximate surface area is 135 Å². The van der Waals surface area contributed by atoms with Crippen LogP contribution in [0.25, 0.3) is 0 Å². The third kappa shape index (κ3) is 4.03. The SMILES string of the molecule is CC(C)(C)[C@H](NC(=O)c1n[nH]c(=O)[nH]1)c1cccc(C(F)(F)F)c1. The predicted molar refractivity (Wildman–Crippen MR) is 80.3 cm³/mol. The molecular formula is C15H17F3N4O2. The van der Waals surface area contributed by atoms with E-state index < -0.39 is 34.8 Å². The van der Waals surface area contributed by atoms with E-state index in [1.165, 1.54) is 12.1 Å². The van der Waals surface area contributed by atoms with Crippen molar-refractivity contribution in [2.24, 2.45) is 5.41 Å². The predicted octanol–water partition coefficient (Wildman–Crippen LogP) is 2.63. The van der Waals surface area contributed by atoms with E-state index in [-0.39, 0.29) is 5.82 Å². The molecule has 3 N–H and O–H groups in total. The summed E-state index contributed by atoms with van der Waals surface area (Å²) in [6.45, 7) is 5.35. The number of hydrogen-bond donors (Lipinski definition) is 3. The second-order valence-electron chi connectivity index (χ2n) is 6.42. The number of aromatic amines is 2. The van der Waals surface area contributed by atoms with Crippen molar-refractivity contribution in [1.29, 1.82) is 0 Å². The molecule has 0 aliphatic rings. The first-order valence-electron chi connectivity index (χ1n) is 7.11. The fourth-order valence-corrected chi connectivity index (χ4v) is 2.27. The van der Waals surface area contributed by atoms with Crippen LogP contribution in [0.3, 0.4) is 0 Å². The molecule has 0 fully saturated rings. The molecule has 130 valence electrons. The maximum absolute atomic E-state index is 12.9. The van der Waals surface area contributed by atoms with E-state index in [1.807, 2.05) is 0 Å². The lowest BCUT2D eigenvalue weighted by Crippen LogP contribution is -2.37. The summed E-state index contributed by atoms with van der Waals surface area (Å²) in [7, 11) is 0. The molecule has 2 rings (SSSR count). The van der Waals surface area contributed by atoms with Gasteiger partial charge in [-0.15, -0.1) is 5.10 Å². The molecule has 0 saturated heterocycles. The number of aromatic nitrogens is 3. The number of H-pyrrole nitrogens is 2. The van der Waals surface area contributed by atoms with Gasteiger partial charge in [-0.25, -0.2) is 9.89 Å². The van der Waals surface area contributed by atoms with E-state index in [1.54, 1.807) is 20.8 Å². The lowest BCUT2D eigenvalue weighted by atomic mass is 9.82. The van der Waals surface area contributed by atoms with Crippen molar-refractivity contribution >= 4 is 5.91 Å². The van der Waals surface area contributed by atoms with Crippen LogP contribution < -0.4 is 11.0 Å². The van der Waals surface area contributed by atoms with Crippen LogP contribution in [0.5, 0.6) is 0 Å². The Morgan fingerprint density at radius 3 is 2.42 bits per heavy atom. The maximum atomic E-state index is 12.9. The smallest absolute Gasteiger partial charge is 0.342 e. The molecule has 0 aliphatic carbocycles. The molecule has 0 unspecified atom stereocenters. The van der Waals surface area contributed by atoms with Crippen LogP contribution >= 0.6 is 0 Å². The molecule has 0 radical (unpaired) electrons. The zero-order chi connectivity index (χ0) is 18.1. The van der Waals surface area contributed by atoms with E-state index in [9.17, 15) is 22.8 Å². The normalized spacial score (nSPS) is 13.6. The fourth-order valence-electron chi connectivity index (χ4n) is 2.27. The molecule has 1 amide bonds. The van der Waals surface area contributed by atoms with Crippen molar-refractivity contribution in [2.75, 3.05) is 0 Å². The van der Waals surface area contributed by atoms with E-state index >= 15 is 0 Å². The number of halogens is 3. The van der Waals surface area contributed by atoms with Crippen LogP contribution in [-0.2, 0) is 6.18 Å². The second-order valence-corrected chi connectivity index (χ2v) is 6.42. The van der Waals surface area contributed by atoms with Crippen molar-refractivity contribution < 1.29 is 18.0 Å². The number of carbonyl (C=O) groups is 1. The van der Waals surface area contributed by atoms with E-state index in [2.05, 4.69) is 20.5 Å². The first kappa shape index (κ1) is 17.8. The molecule has 1 aromatic heterocycles. The van der Waals surface area contributed by atoms with Gasteiger partial charge in [0.05, 0.1) is 11.6 Å². The minimum Gasteiger partial charge on any atom is -0.342 e. The minimum absolute atomic E-state index is 0.235. The summed E-state index contributed by atoms with van der Waals surface area (Å²) in [4.78, 5) is 25.4. The number of carbonyl (C=O) groups excluding carboxylic acids is 1. The third-order valence-electron chi connectivity index (χ3n) is 3.41. The van der Waals surface area contributed by atoms with Crippen LogP contribution in [-0.4, -0.2) is 21.1 Å². The van der Waals surface area contributed by atoms with Gasteiger partial charge in [-0.3, -0.25) is 9.78 Å². The fraction of sp³-hybridized carbons (Fsp3) is 0.400. The van der Waals surface area contributed by atoms with Gasteiger partial charge >= 0.3 is 11.9 Å². The molecule has 1 aromatic carbocycles. The van der Waals surface area contributed by atoms with Gasteiger partial charge in [-0.05, 0) is 23.1 Å². The van der Waals surface area contributed by atoms with Gasteiger partial charge in [0.15, 0.2) is 0 Å². The van der Waals surface area contributed by atoms with Crippen molar-refractivity contribution in [3.63, 3.8) is 0 Å². The number of alkyl halides is 3. The quantitative estimate of drug-likeness (QED) is 0.801. The molecule has 1 heterocycles. The zero-order valence-corrected chi connectivity index (χ0v) is 13.3. The van der Waals surface area contributed by atoms with E-state index in [4.69, 9.17) is 0 Å². The van der Waals surface area contributed by atoms with E-state index in [0.717, 1.165) is 12.1 Å². The van der Waals surface area contributed by atoms with Crippen LogP contribution in [0.15, 0.2) is 29.1 Å². The molecule has 0 spiro atoms. The number of nitrogens with one attached hydrogen (secondary N) is 3. The zero-order valence-electron chi connectivity index (χ0n) is 13.3. The summed E-state index contributed by atoms with van der Waals surface area (Å²) in [5.41, 5.74) is -1.71. The Bertz CT molecular complexity index is 787. The summed E-state index contributed by atoms with van der Waals surface area (Å²) >= 11 is 0. The number of benzene rings is 1. The van der Waals surface area contributed by atoms with Gasteiger partial charge < -0.3 is 5.32 Å². The average Bonchev–Trinajstić information content (AvgIpc) is 2.89. The topological polar surface area (TPSA) is 90.6 Å². The van der Waals surface area contributed by atoms with Gasteiger partial charge in [0, 0.05) is 0 Å². The minimum atomic E-state index is -4.48. The standard InChI is InChI=1S/C15H17F3N4O2/c1-14(2,3)10(19-12(23)11-20-13(24)22-21-11)8-5-4-6-9(7-8)15(16,17)18/h4-7,10H,1-3H3,(H,19,23)(H2,20,21,22,24)/t10-/m1/s1. The molecule has 0 saturated carbocycles. The average molecular weight is 342 g/mol. The molecular weight excluding hydrogens is 325 g/mol. The molecule has 6 nitrogen and oxygen atoms in total. The molecule has 0 aliphatic heterocycles. The molecule has 0 bridgehead atoms. The van der Waals surface area contributed by atoms with Crippen LogP contribution in [0, 0.1) is 5.41 Å². The summed E-state index contributed by atoms with van der Waals surface area (Å²) in [6.07, 6.45) is -4.48. The van der Waals surface area contributed by atoms with Crippen molar-refractivity contribution in [3.05, 3.63) is 51.7 Å². The molecule has 24 heavy (non-hydrogen) atoms. The third-order valence-corrected chi connectivity index (χ3v) is 3.41. The Morgan fingerprint density at radius 2 is 1.92 bits per heavy atom. The van der Waals surface area contributed by atoms with E-state index in [0.29, 0.717) is 5.56 Å². The largest absolute Gasteiger partial charge is 0.416 e. The molecule has 9 heteroatoms. The van der Waals surface area contributed by atoms with Crippen molar-refractivity contribution in [1.82, 2.24) is 20.5 Å². The Hall–Kier alpha value is -2.58. The first-order valence-corrected chi connectivity index (χ1v) is 7.11. The summed E-state index contributed by atoms with van der Waals surface area (Å²) in [6, 6.07) is 4.06. The highest BCUT2D eigenvalue weighted by Gasteiger charge is 2.34.